The molecule has 0 unspecified atom stereocenters. The first-order valence-corrected chi connectivity index (χ1v) is 15.8. The topological polar surface area (TPSA) is 87.7 Å². The molecule has 3 saturated carbocycles. The average Bonchev–Trinajstić information content (AvgIpc) is 3.78. The molecule has 3 aliphatic rings. The number of rotatable bonds is 9. The SMILES string of the molecule is C(=NC1CCCCC1)c1ccc(N(c2ccc(C=NC3CCCCC3)[nH]2)c2ccc(C=NC3CCCCC3)[nH]2)[nH]1. The summed E-state index contributed by atoms with van der Waals surface area (Å²) in [6.45, 7) is 0. The zero-order valence-corrected chi connectivity index (χ0v) is 23.8. The van der Waals surface area contributed by atoms with Gasteiger partial charge in [-0.25, -0.2) is 0 Å². The van der Waals surface area contributed by atoms with Crippen LogP contribution in [0, 0.1) is 0 Å². The van der Waals surface area contributed by atoms with Crippen molar-refractivity contribution in [2.75, 3.05) is 4.90 Å². The van der Waals surface area contributed by atoms with Crippen LogP contribution in [0.1, 0.15) is 113 Å². The van der Waals surface area contributed by atoms with E-state index in [1.807, 2.05) is 18.6 Å². The van der Waals surface area contributed by atoms with Gasteiger partial charge >= 0.3 is 0 Å². The minimum atomic E-state index is 0.459. The molecule has 0 aliphatic heterocycles. The van der Waals surface area contributed by atoms with E-state index in [2.05, 4.69) is 56.3 Å². The van der Waals surface area contributed by atoms with E-state index in [9.17, 15) is 0 Å². The molecule has 3 aromatic rings. The van der Waals surface area contributed by atoms with E-state index in [-0.39, 0.29) is 0 Å². The van der Waals surface area contributed by atoms with Crippen molar-refractivity contribution in [1.29, 1.82) is 0 Å². The highest BCUT2D eigenvalue weighted by atomic mass is 15.3. The highest BCUT2D eigenvalue weighted by molar-refractivity contribution is 5.84. The molecule has 3 aliphatic carbocycles. The van der Waals surface area contributed by atoms with Crippen LogP contribution in [0.4, 0.5) is 17.5 Å². The number of H-pyrrole nitrogens is 3. The van der Waals surface area contributed by atoms with Gasteiger partial charge in [-0.15, -0.1) is 0 Å². The third-order valence-corrected chi connectivity index (χ3v) is 8.80. The van der Waals surface area contributed by atoms with Crippen molar-refractivity contribution >= 4 is 36.1 Å². The predicted molar refractivity (Wildman–Crippen MR) is 168 cm³/mol. The molecule has 3 heterocycles. The molecule has 0 bridgehead atoms. The molecule has 0 radical (unpaired) electrons. The second-order valence-corrected chi connectivity index (χ2v) is 11.9. The third-order valence-electron chi connectivity index (χ3n) is 8.80. The van der Waals surface area contributed by atoms with Gasteiger partial charge in [-0.05, 0) is 74.9 Å². The molecule has 212 valence electrons. The summed E-state index contributed by atoms with van der Waals surface area (Å²) in [6.07, 6.45) is 25.1. The largest absolute Gasteiger partial charge is 0.340 e. The van der Waals surface area contributed by atoms with Crippen molar-refractivity contribution in [2.45, 2.75) is 114 Å². The highest BCUT2D eigenvalue weighted by Gasteiger charge is 2.18. The van der Waals surface area contributed by atoms with Crippen molar-refractivity contribution < 1.29 is 0 Å². The second-order valence-electron chi connectivity index (χ2n) is 11.9. The molecule has 0 amide bonds. The van der Waals surface area contributed by atoms with Gasteiger partial charge in [0.1, 0.15) is 17.5 Å². The summed E-state index contributed by atoms with van der Waals surface area (Å²) in [7, 11) is 0. The Morgan fingerprint density at radius 1 is 0.450 bits per heavy atom. The van der Waals surface area contributed by atoms with Gasteiger partial charge in [-0.1, -0.05) is 57.8 Å². The fourth-order valence-electron chi connectivity index (χ4n) is 6.45. The first kappa shape index (κ1) is 26.9. The highest BCUT2D eigenvalue weighted by Crippen LogP contribution is 2.33. The van der Waals surface area contributed by atoms with Crippen LogP contribution in [0.3, 0.4) is 0 Å². The van der Waals surface area contributed by atoms with Crippen LogP contribution in [0.15, 0.2) is 51.4 Å². The lowest BCUT2D eigenvalue weighted by Crippen LogP contribution is -2.12. The summed E-state index contributed by atoms with van der Waals surface area (Å²) in [6, 6.07) is 14.1. The van der Waals surface area contributed by atoms with E-state index in [4.69, 9.17) is 15.0 Å². The molecule has 6 rings (SSSR count). The Balaban J connectivity index is 1.23. The Morgan fingerprint density at radius 2 is 0.750 bits per heavy atom. The lowest BCUT2D eigenvalue weighted by Gasteiger charge is -2.20. The van der Waals surface area contributed by atoms with Gasteiger partial charge in [0.05, 0.1) is 35.2 Å². The first-order valence-electron chi connectivity index (χ1n) is 15.8. The van der Waals surface area contributed by atoms with Crippen molar-refractivity contribution in [3.05, 3.63) is 53.5 Å². The second kappa shape index (κ2) is 13.3. The summed E-state index contributed by atoms with van der Waals surface area (Å²) in [4.78, 5) is 27.7. The number of anilines is 3. The zero-order valence-electron chi connectivity index (χ0n) is 23.8. The Bertz CT molecular complexity index is 1120. The minimum absolute atomic E-state index is 0.459. The maximum Gasteiger partial charge on any atom is 0.117 e. The third kappa shape index (κ3) is 7.04. The number of nitrogens with zero attached hydrogens (tertiary/aromatic N) is 4. The standard InChI is InChI=1S/C33H45N7/c1-4-10-25(11-5-1)34-22-28-16-19-31(37-28)40(32-20-17-29(38-32)23-35-26-12-6-2-7-13-26)33-21-18-30(39-33)24-36-27-14-8-3-9-15-27/h16-27,37-39H,1-15H2. The summed E-state index contributed by atoms with van der Waals surface area (Å²) in [5.41, 5.74) is 3.09. The molecule has 7 nitrogen and oxygen atoms in total. The van der Waals surface area contributed by atoms with E-state index in [1.54, 1.807) is 0 Å². The number of aliphatic imine (C=N–C) groups is 3. The fraction of sp³-hybridized carbons (Fsp3) is 0.545. The van der Waals surface area contributed by atoms with Gasteiger partial charge in [0.2, 0.25) is 0 Å². The van der Waals surface area contributed by atoms with E-state index in [0.717, 1.165) is 34.5 Å². The van der Waals surface area contributed by atoms with Gasteiger partial charge in [-0.3, -0.25) is 19.9 Å². The van der Waals surface area contributed by atoms with Gasteiger partial charge in [-0.2, -0.15) is 0 Å². The molecule has 3 fully saturated rings. The molecular weight excluding hydrogens is 494 g/mol. The van der Waals surface area contributed by atoms with Gasteiger partial charge < -0.3 is 15.0 Å². The summed E-state index contributed by atoms with van der Waals surface area (Å²) in [5.74, 6) is 2.96. The molecule has 3 N–H and O–H groups in total. The van der Waals surface area contributed by atoms with Crippen molar-refractivity contribution in [3.8, 4) is 0 Å². The van der Waals surface area contributed by atoms with Crippen LogP contribution in [0.2, 0.25) is 0 Å². The smallest absolute Gasteiger partial charge is 0.117 e. The number of aromatic amines is 3. The Labute approximate surface area is 238 Å². The Kier molecular flexibility index (Phi) is 8.95. The average molecular weight is 540 g/mol. The van der Waals surface area contributed by atoms with Crippen molar-refractivity contribution in [3.63, 3.8) is 0 Å². The molecular formula is C33H45N7. The van der Waals surface area contributed by atoms with Crippen molar-refractivity contribution in [1.82, 2.24) is 15.0 Å². The number of hydrogen-bond donors (Lipinski definition) is 3. The first-order chi connectivity index (χ1) is 19.8. The zero-order chi connectivity index (χ0) is 27.0. The van der Waals surface area contributed by atoms with E-state index in [1.165, 1.54) is 96.3 Å². The molecule has 0 aromatic carbocycles. The predicted octanol–water partition coefficient (Wildman–Crippen LogP) is 8.40. The van der Waals surface area contributed by atoms with Crippen LogP contribution in [-0.4, -0.2) is 51.7 Å². The van der Waals surface area contributed by atoms with Crippen LogP contribution >= 0.6 is 0 Å². The summed E-state index contributed by atoms with van der Waals surface area (Å²) >= 11 is 0. The number of hydrogen-bond acceptors (Lipinski definition) is 4. The monoisotopic (exact) mass is 539 g/mol. The maximum absolute atomic E-state index is 4.89. The molecule has 40 heavy (non-hydrogen) atoms. The number of nitrogens with one attached hydrogen (secondary N) is 3. The fourth-order valence-corrected chi connectivity index (χ4v) is 6.45. The van der Waals surface area contributed by atoms with Crippen LogP contribution < -0.4 is 4.90 Å². The maximum atomic E-state index is 4.89. The molecule has 0 atom stereocenters. The summed E-state index contributed by atoms with van der Waals surface area (Å²) < 4.78 is 0. The van der Waals surface area contributed by atoms with Gasteiger partial charge in [0.25, 0.3) is 0 Å². The van der Waals surface area contributed by atoms with E-state index >= 15 is 0 Å². The van der Waals surface area contributed by atoms with Crippen LogP contribution in [0.25, 0.3) is 0 Å². The van der Waals surface area contributed by atoms with Crippen LogP contribution in [0.5, 0.6) is 0 Å². The lowest BCUT2D eigenvalue weighted by atomic mass is 9.96. The molecule has 0 spiro atoms. The minimum Gasteiger partial charge on any atom is -0.340 e. The Hall–Kier alpha value is -3.35. The van der Waals surface area contributed by atoms with E-state index in [0.29, 0.717) is 18.1 Å². The Morgan fingerprint density at radius 3 is 1.05 bits per heavy atom. The van der Waals surface area contributed by atoms with Gasteiger partial charge in [0.15, 0.2) is 0 Å². The normalized spacial score (nSPS) is 20.4. The van der Waals surface area contributed by atoms with Crippen molar-refractivity contribution in [2.24, 2.45) is 15.0 Å². The number of aromatic nitrogens is 3. The molecule has 7 heteroatoms. The van der Waals surface area contributed by atoms with Gasteiger partial charge in [0, 0.05) is 18.6 Å². The quantitative estimate of drug-likeness (QED) is 0.234. The molecule has 3 aromatic heterocycles. The molecule has 0 saturated heterocycles. The summed E-state index contributed by atoms with van der Waals surface area (Å²) in [5, 5.41) is 0. The van der Waals surface area contributed by atoms with E-state index < -0.39 is 0 Å². The van der Waals surface area contributed by atoms with Crippen LogP contribution in [-0.2, 0) is 0 Å². The lowest BCUT2D eigenvalue weighted by molar-refractivity contribution is 0.444.